The highest BCUT2D eigenvalue weighted by Gasteiger charge is 2.13. The molecule has 0 saturated carbocycles. The number of aryl methyl sites for hydroxylation is 2. The number of alkyl halides is 4. The quantitative estimate of drug-likeness (QED) is 0.215. The summed E-state index contributed by atoms with van der Waals surface area (Å²) in [5, 5.41) is 4.09. The molecule has 1 heterocycles. The van der Waals surface area contributed by atoms with E-state index >= 15 is 0 Å². The summed E-state index contributed by atoms with van der Waals surface area (Å²) < 4.78 is 58.0. The summed E-state index contributed by atoms with van der Waals surface area (Å²) >= 11 is 1.10. The van der Waals surface area contributed by atoms with E-state index in [2.05, 4.69) is 30.0 Å². The highest BCUT2D eigenvalue weighted by atomic mass is 32.2. The summed E-state index contributed by atoms with van der Waals surface area (Å²) in [6.45, 7) is -2.70. The van der Waals surface area contributed by atoms with Crippen molar-refractivity contribution in [2.24, 2.45) is 5.10 Å². The predicted octanol–water partition coefficient (Wildman–Crippen LogP) is 3.54. The summed E-state index contributed by atoms with van der Waals surface area (Å²) in [7, 11) is 0. The van der Waals surface area contributed by atoms with Crippen molar-refractivity contribution < 1.29 is 31.8 Å². The second-order valence-electron chi connectivity index (χ2n) is 5.47. The molecular formula is C17H16F4N4O3S. The van der Waals surface area contributed by atoms with Gasteiger partial charge in [0.2, 0.25) is 0 Å². The third kappa shape index (κ3) is 7.94. The van der Waals surface area contributed by atoms with Gasteiger partial charge >= 0.3 is 13.2 Å². The monoisotopic (exact) mass is 432 g/mol. The number of rotatable bonds is 9. The second-order valence-corrected chi connectivity index (χ2v) is 6.41. The van der Waals surface area contributed by atoms with E-state index in [9.17, 15) is 22.4 Å². The zero-order chi connectivity index (χ0) is 21.4. The van der Waals surface area contributed by atoms with Crippen LogP contribution >= 0.6 is 11.8 Å². The van der Waals surface area contributed by atoms with Gasteiger partial charge in [-0.15, -0.1) is 0 Å². The molecule has 1 aromatic heterocycles. The number of hydrogen-bond donors (Lipinski definition) is 1. The second kappa shape index (κ2) is 10.6. The van der Waals surface area contributed by atoms with E-state index in [0.717, 1.165) is 41.5 Å². The largest absolute Gasteiger partial charge is 0.435 e. The third-order valence-corrected chi connectivity index (χ3v) is 3.96. The SMILES string of the molecule is Cc1cc(C)nc(SCC(=O)N/N=C/c2ccc(OC(F)F)cc2OC(F)F)n1. The van der Waals surface area contributed by atoms with Gasteiger partial charge in [0.1, 0.15) is 11.5 Å². The molecule has 0 aliphatic rings. The number of carbonyl (C=O) groups is 1. The van der Waals surface area contributed by atoms with E-state index in [1.807, 2.05) is 0 Å². The smallest absolute Gasteiger partial charge is 0.387 e. The first-order chi connectivity index (χ1) is 13.7. The number of amides is 1. The molecule has 0 aliphatic carbocycles. The fourth-order valence-corrected chi connectivity index (χ4v) is 2.83. The number of aromatic nitrogens is 2. The number of carbonyl (C=O) groups excluding carboxylic acids is 1. The van der Waals surface area contributed by atoms with E-state index in [1.54, 1.807) is 19.9 Å². The van der Waals surface area contributed by atoms with E-state index in [0.29, 0.717) is 5.16 Å². The Balaban J connectivity index is 1.97. The Labute approximate surface area is 167 Å². The lowest BCUT2D eigenvalue weighted by molar-refractivity contribution is -0.118. The zero-order valence-corrected chi connectivity index (χ0v) is 16.1. The van der Waals surface area contributed by atoms with Crippen molar-refractivity contribution in [1.82, 2.24) is 15.4 Å². The number of nitrogens with one attached hydrogen (secondary N) is 1. The van der Waals surface area contributed by atoms with Crippen LogP contribution in [0.2, 0.25) is 0 Å². The molecule has 1 aromatic carbocycles. The van der Waals surface area contributed by atoms with E-state index < -0.39 is 24.9 Å². The van der Waals surface area contributed by atoms with Gasteiger partial charge in [-0.05, 0) is 32.0 Å². The van der Waals surface area contributed by atoms with Gasteiger partial charge in [-0.2, -0.15) is 22.7 Å². The minimum Gasteiger partial charge on any atom is -0.435 e. The molecule has 29 heavy (non-hydrogen) atoms. The van der Waals surface area contributed by atoms with Crippen molar-refractivity contribution in [1.29, 1.82) is 0 Å². The van der Waals surface area contributed by atoms with Crippen LogP contribution in [-0.4, -0.2) is 41.1 Å². The number of benzene rings is 1. The van der Waals surface area contributed by atoms with Crippen LogP contribution in [0.5, 0.6) is 11.5 Å². The lowest BCUT2D eigenvalue weighted by Gasteiger charge is -2.10. The average molecular weight is 432 g/mol. The van der Waals surface area contributed by atoms with Crippen LogP contribution in [0.4, 0.5) is 17.6 Å². The number of thioether (sulfide) groups is 1. The fourth-order valence-electron chi connectivity index (χ4n) is 2.09. The molecule has 12 heteroatoms. The third-order valence-electron chi connectivity index (χ3n) is 3.11. The van der Waals surface area contributed by atoms with Gasteiger partial charge in [0, 0.05) is 23.0 Å². The standard InChI is InChI=1S/C17H16F4N4O3S/c1-9-5-10(2)24-17(23-9)29-8-14(26)25-22-7-11-3-4-12(27-15(18)19)6-13(11)28-16(20)21/h3-7,15-16H,8H2,1-2H3,(H,25,26)/b22-7+. The van der Waals surface area contributed by atoms with Gasteiger partial charge < -0.3 is 9.47 Å². The summed E-state index contributed by atoms with van der Waals surface area (Å²) in [6.07, 6.45) is 1.04. The Bertz CT molecular complexity index is 864. The maximum absolute atomic E-state index is 12.5. The summed E-state index contributed by atoms with van der Waals surface area (Å²) in [5.74, 6) is -1.30. The van der Waals surface area contributed by atoms with E-state index in [-0.39, 0.29) is 17.1 Å². The Hall–Kier alpha value is -2.89. The molecule has 156 valence electrons. The summed E-state index contributed by atoms with van der Waals surface area (Å²) in [4.78, 5) is 20.2. The summed E-state index contributed by atoms with van der Waals surface area (Å²) in [5.41, 5.74) is 3.78. The Kier molecular flexibility index (Phi) is 8.19. The molecule has 1 amide bonds. The fraction of sp³-hybridized carbons (Fsp3) is 0.294. The highest BCUT2D eigenvalue weighted by Crippen LogP contribution is 2.26. The van der Waals surface area contributed by atoms with Crippen molar-refractivity contribution in [3.8, 4) is 11.5 Å². The number of ether oxygens (including phenoxy) is 2. The number of hydrogen-bond acceptors (Lipinski definition) is 7. The van der Waals surface area contributed by atoms with E-state index in [1.165, 1.54) is 6.07 Å². The topological polar surface area (TPSA) is 85.7 Å². The predicted molar refractivity (Wildman–Crippen MR) is 97.7 cm³/mol. The molecule has 0 bridgehead atoms. The van der Waals surface area contributed by atoms with Crippen molar-refractivity contribution in [2.45, 2.75) is 32.2 Å². The summed E-state index contributed by atoms with van der Waals surface area (Å²) in [6, 6.07) is 4.98. The molecule has 0 fully saturated rings. The maximum Gasteiger partial charge on any atom is 0.387 e. The molecule has 0 aliphatic heterocycles. The Morgan fingerprint density at radius 3 is 2.41 bits per heavy atom. The van der Waals surface area contributed by atoms with Gasteiger partial charge in [0.05, 0.1) is 12.0 Å². The molecule has 0 saturated heterocycles. The van der Waals surface area contributed by atoms with Gasteiger partial charge in [-0.1, -0.05) is 11.8 Å². The highest BCUT2D eigenvalue weighted by molar-refractivity contribution is 7.99. The number of hydrazone groups is 1. The van der Waals surface area contributed by atoms with Gasteiger partial charge in [-0.25, -0.2) is 15.4 Å². The minimum absolute atomic E-state index is 0.0255. The molecule has 7 nitrogen and oxygen atoms in total. The number of nitrogens with zero attached hydrogens (tertiary/aromatic N) is 3. The molecular weight excluding hydrogens is 416 g/mol. The minimum atomic E-state index is -3.19. The lowest BCUT2D eigenvalue weighted by atomic mass is 10.2. The van der Waals surface area contributed by atoms with Crippen molar-refractivity contribution in [2.75, 3.05) is 5.75 Å². The average Bonchev–Trinajstić information content (AvgIpc) is 2.60. The molecule has 0 unspecified atom stereocenters. The number of halogens is 4. The Morgan fingerprint density at radius 1 is 1.14 bits per heavy atom. The molecule has 0 radical (unpaired) electrons. The maximum atomic E-state index is 12.5. The zero-order valence-electron chi connectivity index (χ0n) is 15.2. The van der Waals surface area contributed by atoms with Gasteiger partial charge in [0.15, 0.2) is 5.16 Å². The van der Waals surface area contributed by atoms with Crippen LogP contribution < -0.4 is 14.9 Å². The molecule has 0 atom stereocenters. The molecule has 2 aromatic rings. The Morgan fingerprint density at radius 2 is 1.79 bits per heavy atom. The first kappa shape index (κ1) is 22.4. The van der Waals surface area contributed by atoms with Crippen LogP contribution in [-0.2, 0) is 4.79 Å². The van der Waals surface area contributed by atoms with Crippen LogP contribution in [0.25, 0.3) is 0 Å². The van der Waals surface area contributed by atoms with Gasteiger partial charge in [-0.3, -0.25) is 4.79 Å². The molecule has 0 spiro atoms. The van der Waals surface area contributed by atoms with Crippen LogP contribution in [0.1, 0.15) is 17.0 Å². The molecule has 2 rings (SSSR count). The lowest BCUT2D eigenvalue weighted by Crippen LogP contribution is -2.20. The van der Waals surface area contributed by atoms with Crippen molar-refractivity contribution in [3.05, 3.63) is 41.2 Å². The van der Waals surface area contributed by atoms with Crippen LogP contribution in [0.15, 0.2) is 34.5 Å². The normalized spacial score (nSPS) is 11.3. The van der Waals surface area contributed by atoms with Crippen molar-refractivity contribution >= 4 is 23.9 Å². The first-order valence-electron chi connectivity index (χ1n) is 8.03. The van der Waals surface area contributed by atoms with Gasteiger partial charge in [0.25, 0.3) is 5.91 Å². The van der Waals surface area contributed by atoms with Crippen LogP contribution in [0.3, 0.4) is 0 Å². The van der Waals surface area contributed by atoms with E-state index in [4.69, 9.17) is 0 Å². The molecule has 1 N–H and O–H groups in total. The van der Waals surface area contributed by atoms with Crippen molar-refractivity contribution in [3.63, 3.8) is 0 Å². The first-order valence-corrected chi connectivity index (χ1v) is 9.02. The van der Waals surface area contributed by atoms with Crippen LogP contribution in [0, 0.1) is 13.8 Å².